The Bertz CT molecular complexity index is 1220. The van der Waals surface area contributed by atoms with Crippen molar-refractivity contribution in [3.63, 3.8) is 0 Å². The van der Waals surface area contributed by atoms with Gasteiger partial charge in [0.25, 0.3) is 0 Å². The summed E-state index contributed by atoms with van der Waals surface area (Å²) in [6.07, 6.45) is 1.50. The van der Waals surface area contributed by atoms with Crippen LogP contribution in [0.1, 0.15) is 25.0 Å². The van der Waals surface area contributed by atoms with Crippen LogP contribution in [0.15, 0.2) is 64.5 Å². The third kappa shape index (κ3) is 6.07. The van der Waals surface area contributed by atoms with Crippen molar-refractivity contribution in [3.05, 3.63) is 70.6 Å². The molecule has 1 aromatic heterocycles. The van der Waals surface area contributed by atoms with E-state index in [-0.39, 0.29) is 24.1 Å². The zero-order chi connectivity index (χ0) is 22.4. The van der Waals surface area contributed by atoms with E-state index in [1.807, 2.05) is 37.3 Å². The molecule has 3 rings (SSSR count). The van der Waals surface area contributed by atoms with Gasteiger partial charge in [-0.15, -0.1) is 0 Å². The zero-order valence-electron chi connectivity index (χ0n) is 17.0. The Morgan fingerprint density at radius 2 is 2.00 bits per heavy atom. The third-order valence-corrected chi connectivity index (χ3v) is 5.47. The normalized spacial score (nSPS) is 12.0. The maximum absolute atomic E-state index is 12.5. The molecule has 2 N–H and O–H groups in total. The number of carbonyl (C=O) groups excluding carboxylic acids is 2. The summed E-state index contributed by atoms with van der Waals surface area (Å²) in [5.74, 6) is -0.165. The molecule has 0 aliphatic rings. The number of hydrogen-bond acceptors (Lipinski definition) is 6. The van der Waals surface area contributed by atoms with E-state index < -0.39 is 0 Å². The molecule has 0 atom stereocenters. The van der Waals surface area contributed by atoms with Crippen molar-refractivity contribution in [2.24, 2.45) is 9.98 Å². The molecule has 0 unspecified atom stereocenters. The van der Waals surface area contributed by atoms with Crippen LogP contribution in [0.25, 0.3) is 10.2 Å². The average Bonchev–Trinajstić information content (AvgIpc) is 3.10. The first-order valence-corrected chi connectivity index (χ1v) is 10.5. The fraction of sp³-hybridized carbons (Fsp3) is 0.136. The van der Waals surface area contributed by atoms with E-state index >= 15 is 0 Å². The lowest BCUT2D eigenvalue weighted by Gasteiger charge is -2.08. The van der Waals surface area contributed by atoms with Gasteiger partial charge in [0.05, 0.1) is 22.8 Å². The Balaban J connectivity index is 1.78. The SMILES string of the molecule is C=N/C=C(\N=C(/C)c1ccc2nc(NC(C)=O)sc2c1)NC(=O)Cc1ccccc1Cl. The summed E-state index contributed by atoms with van der Waals surface area (Å²) in [6.45, 7) is 6.71. The monoisotopic (exact) mass is 453 g/mol. The molecule has 0 radical (unpaired) electrons. The molecule has 0 aliphatic heterocycles. The number of amides is 2. The summed E-state index contributed by atoms with van der Waals surface area (Å²) >= 11 is 7.51. The van der Waals surface area contributed by atoms with E-state index in [9.17, 15) is 9.59 Å². The second-order valence-corrected chi connectivity index (χ2v) is 8.03. The summed E-state index contributed by atoms with van der Waals surface area (Å²) in [5, 5.41) is 6.50. The summed E-state index contributed by atoms with van der Waals surface area (Å²) in [7, 11) is 0. The molecule has 1 heterocycles. The van der Waals surface area contributed by atoms with Gasteiger partial charge in [-0.3, -0.25) is 14.6 Å². The standard InChI is InChI=1S/C22H20ClN5O2S/c1-13(15-8-9-18-19(10-15)31-22(27-18)26-14(2)29)25-20(12-24-3)28-21(30)11-16-6-4-5-7-17(16)23/h4-10,12H,3,11H2,1-2H3,(H,28,30)(H,26,27,29)/b20-12+,25-13+. The molecule has 3 aromatic rings. The zero-order valence-corrected chi connectivity index (χ0v) is 18.5. The Morgan fingerprint density at radius 3 is 2.71 bits per heavy atom. The largest absolute Gasteiger partial charge is 0.309 e. The van der Waals surface area contributed by atoms with Crippen LogP contribution in [-0.4, -0.2) is 29.2 Å². The number of aliphatic imine (C=N–C) groups is 2. The Labute approximate surface area is 188 Å². The van der Waals surface area contributed by atoms with Crippen LogP contribution in [0, 0.1) is 0 Å². The van der Waals surface area contributed by atoms with Gasteiger partial charge < -0.3 is 10.6 Å². The molecule has 7 nitrogen and oxygen atoms in total. The number of halogens is 1. The fourth-order valence-corrected chi connectivity index (χ4v) is 3.93. The van der Waals surface area contributed by atoms with E-state index in [4.69, 9.17) is 11.6 Å². The minimum atomic E-state index is -0.266. The van der Waals surface area contributed by atoms with E-state index in [0.717, 1.165) is 21.3 Å². The van der Waals surface area contributed by atoms with E-state index in [1.54, 1.807) is 12.1 Å². The van der Waals surface area contributed by atoms with Gasteiger partial charge >= 0.3 is 0 Å². The molecular formula is C22H20ClN5O2S. The highest BCUT2D eigenvalue weighted by molar-refractivity contribution is 7.22. The number of thiazole rings is 1. The number of benzene rings is 2. The quantitative estimate of drug-likeness (QED) is 0.512. The van der Waals surface area contributed by atoms with Gasteiger partial charge in [-0.1, -0.05) is 47.2 Å². The number of hydrogen-bond donors (Lipinski definition) is 2. The van der Waals surface area contributed by atoms with E-state index in [1.165, 1.54) is 24.5 Å². The van der Waals surface area contributed by atoms with Gasteiger partial charge in [-0.25, -0.2) is 9.98 Å². The molecule has 0 aliphatic carbocycles. The van der Waals surface area contributed by atoms with E-state index in [0.29, 0.717) is 15.9 Å². The van der Waals surface area contributed by atoms with Gasteiger partial charge in [0.15, 0.2) is 11.0 Å². The van der Waals surface area contributed by atoms with Crippen molar-refractivity contribution in [3.8, 4) is 0 Å². The smallest absolute Gasteiger partial charge is 0.230 e. The Kier molecular flexibility index (Phi) is 7.28. The Morgan fingerprint density at radius 1 is 1.23 bits per heavy atom. The topological polar surface area (TPSA) is 95.8 Å². The van der Waals surface area contributed by atoms with Gasteiger partial charge in [0, 0.05) is 17.7 Å². The van der Waals surface area contributed by atoms with Crippen LogP contribution < -0.4 is 10.6 Å². The van der Waals surface area contributed by atoms with Crippen LogP contribution in [0.4, 0.5) is 5.13 Å². The lowest BCUT2D eigenvalue weighted by Crippen LogP contribution is -2.24. The number of rotatable bonds is 7. The minimum absolute atomic E-state index is 0.113. The fourth-order valence-electron chi connectivity index (χ4n) is 2.78. The van der Waals surface area contributed by atoms with Gasteiger partial charge in [-0.05, 0) is 43.0 Å². The predicted molar refractivity (Wildman–Crippen MR) is 127 cm³/mol. The maximum atomic E-state index is 12.5. The molecule has 0 spiro atoms. The van der Waals surface area contributed by atoms with Crippen molar-refractivity contribution in [1.82, 2.24) is 10.3 Å². The second-order valence-electron chi connectivity index (χ2n) is 6.59. The van der Waals surface area contributed by atoms with Gasteiger partial charge in [0.2, 0.25) is 11.8 Å². The van der Waals surface area contributed by atoms with Crippen molar-refractivity contribution < 1.29 is 9.59 Å². The van der Waals surface area contributed by atoms with Crippen molar-refractivity contribution in [2.45, 2.75) is 20.3 Å². The molecule has 0 saturated carbocycles. The summed E-state index contributed by atoms with van der Waals surface area (Å²) in [4.78, 5) is 36.3. The maximum Gasteiger partial charge on any atom is 0.230 e. The lowest BCUT2D eigenvalue weighted by molar-refractivity contribution is -0.119. The third-order valence-electron chi connectivity index (χ3n) is 4.17. The Hall–Kier alpha value is -3.36. The molecule has 0 bridgehead atoms. The number of fused-ring (bicyclic) bond motifs is 1. The number of carbonyl (C=O) groups is 2. The number of nitrogens with one attached hydrogen (secondary N) is 2. The van der Waals surface area contributed by atoms with Crippen LogP contribution in [-0.2, 0) is 16.0 Å². The second kappa shape index (κ2) is 10.1. The van der Waals surface area contributed by atoms with Crippen molar-refractivity contribution >= 4 is 62.5 Å². The molecular weight excluding hydrogens is 434 g/mol. The molecule has 9 heteroatoms. The number of nitrogens with zero attached hydrogens (tertiary/aromatic N) is 3. The van der Waals surface area contributed by atoms with Crippen molar-refractivity contribution in [2.75, 3.05) is 5.32 Å². The summed E-state index contributed by atoms with van der Waals surface area (Å²) in [6, 6.07) is 12.8. The van der Waals surface area contributed by atoms with E-state index in [2.05, 4.69) is 32.3 Å². The lowest BCUT2D eigenvalue weighted by atomic mass is 10.1. The van der Waals surface area contributed by atoms with Crippen LogP contribution in [0.3, 0.4) is 0 Å². The first-order valence-electron chi connectivity index (χ1n) is 9.29. The molecule has 0 saturated heterocycles. The summed E-state index contributed by atoms with van der Waals surface area (Å²) < 4.78 is 0.908. The van der Waals surface area contributed by atoms with Crippen LogP contribution in [0.2, 0.25) is 5.02 Å². The summed E-state index contributed by atoms with van der Waals surface area (Å²) in [5.41, 5.74) is 3.02. The van der Waals surface area contributed by atoms with Gasteiger partial charge in [0.1, 0.15) is 0 Å². The molecule has 2 aromatic carbocycles. The highest BCUT2D eigenvalue weighted by Gasteiger charge is 2.10. The molecule has 2 amide bonds. The highest BCUT2D eigenvalue weighted by Crippen LogP contribution is 2.27. The molecule has 0 fully saturated rings. The molecule has 31 heavy (non-hydrogen) atoms. The first-order chi connectivity index (χ1) is 14.9. The highest BCUT2D eigenvalue weighted by atomic mass is 35.5. The van der Waals surface area contributed by atoms with Crippen LogP contribution in [0.5, 0.6) is 0 Å². The average molecular weight is 454 g/mol. The number of anilines is 1. The van der Waals surface area contributed by atoms with Gasteiger partial charge in [-0.2, -0.15) is 0 Å². The van der Waals surface area contributed by atoms with Crippen molar-refractivity contribution in [1.29, 1.82) is 0 Å². The molecule has 158 valence electrons. The minimum Gasteiger partial charge on any atom is -0.309 e. The van der Waals surface area contributed by atoms with Crippen LogP contribution >= 0.6 is 22.9 Å². The predicted octanol–water partition coefficient (Wildman–Crippen LogP) is 4.58. The number of aromatic nitrogens is 1. The first kappa shape index (κ1) is 22.3.